The minimum atomic E-state index is -0.790. The number of halogens is 2. The van der Waals surface area contributed by atoms with Crippen molar-refractivity contribution in [3.8, 4) is 11.5 Å². The molecular formula is C29H20Cl2N2O5S. The van der Waals surface area contributed by atoms with Crippen molar-refractivity contribution in [2.75, 3.05) is 13.4 Å². The van der Waals surface area contributed by atoms with Crippen LogP contribution >= 0.6 is 34.5 Å². The van der Waals surface area contributed by atoms with Crippen LogP contribution in [0, 0.1) is 0 Å². The Balaban J connectivity index is 1.63. The molecule has 39 heavy (non-hydrogen) atoms. The summed E-state index contributed by atoms with van der Waals surface area (Å²) in [6.07, 6.45) is 1.70. The lowest BCUT2D eigenvalue weighted by Gasteiger charge is -2.25. The van der Waals surface area contributed by atoms with E-state index in [0.29, 0.717) is 47.7 Å². The van der Waals surface area contributed by atoms with Crippen LogP contribution in [0.15, 0.2) is 82.1 Å². The smallest absolute Gasteiger partial charge is 0.338 e. The molecule has 0 amide bonds. The molecule has 2 aliphatic heterocycles. The third-order valence-electron chi connectivity index (χ3n) is 6.34. The molecule has 0 unspecified atom stereocenters. The van der Waals surface area contributed by atoms with Crippen LogP contribution in [0.3, 0.4) is 0 Å². The van der Waals surface area contributed by atoms with E-state index < -0.39 is 12.0 Å². The SMILES string of the molecule is CCOC(=O)C1=C(c2ccccc2)N=c2s/c(=C/c3cc4c(cc3Cl)OCO4)c(=O)n2[C@H]1c1ccc(Cl)cc1. The van der Waals surface area contributed by atoms with Crippen molar-refractivity contribution in [3.63, 3.8) is 0 Å². The lowest BCUT2D eigenvalue weighted by molar-refractivity contribution is -0.138. The second-order valence-corrected chi connectivity index (χ2v) is 10.6. The molecule has 1 aromatic heterocycles. The molecule has 0 aliphatic carbocycles. The van der Waals surface area contributed by atoms with Gasteiger partial charge in [0.05, 0.1) is 33.5 Å². The Bertz CT molecular complexity index is 1810. The van der Waals surface area contributed by atoms with Crippen LogP contribution in [-0.4, -0.2) is 23.9 Å². The Hall–Kier alpha value is -3.85. The third kappa shape index (κ3) is 4.65. The molecule has 0 fully saturated rings. The van der Waals surface area contributed by atoms with Crippen molar-refractivity contribution in [2.45, 2.75) is 13.0 Å². The van der Waals surface area contributed by atoms with Crippen molar-refractivity contribution in [2.24, 2.45) is 4.99 Å². The van der Waals surface area contributed by atoms with Gasteiger partial charge in [-0.3, -0.25) is 9.36 Å². The molecule has 0 N–H and O–H groups in total. The minimum Gasteiger partial charge on any atom is -0.463 e. The highest BCUT2D eigenvalue weighted by molar-refractivity contribution is 7.07. The molecule has 3 heterocycles. The van der Waals surface area contributed by atoms with Gasteiger partial charge in [-0.2, -0.15) is 0 Å². The molecule has 0 saturated heterocycles. The maximum absolute atomic E-state index is 14.0. The zero-order chi connectivity index (χ0) is 27.1. The average molecular weight is 579 g/mol. The molecule has 196 valence electrons. The van der Waals surface area contributed by atoms with E-state index >= 15 is 0 Å². The van der Waals surface area contributed by atoms with Gasteiger partial charge in [0.15, 0.2) is 16.3 Å². The van der Waals surface area contributed by atoms with Gasteiger partial charge in [0.1, 0.15) is 0 Å². The van der Waals surface area contributed by atoms with Crippen LogP contribution < -0.4 is 24.4 Å². The van der Waals surface area contributed by atoms with Crippen LogP contribution in [0.25, 0.3) is 11.8 Å². The predicted octanol–water partition coefficient (Wildman–Crippen LogP) is 4.97. The molecule has 7 nitrogen and oxygen atoms in total. The lowest BCUT2D eigenvalue weighted by atomic mass is 9.93. The Labute approximate surface area is 236 Å². The summed E-state index contributed by atoms with van der Waals surface area (Å²) in [5.74, 6) is 0.550. The van der Waals surface area contributed by atoms with E-state index in [1.165, 1.54) is 15.9 Å². The van der Waals surface area contributed by atoms with E-state index in [-0.39, 0.29) is 24.5 Å². The first-order valence-corrected chi connectivity index (χ1v) is 13.6. The summed E-state index contributed by atoms with van der Waals surface area (Å²) in [5, 5.41) is 0.949. The summed E-state index contributed by atoms with van der Waals surface area (Å²) in [6.45, 7) is 2.02. The number of benzene rings is 3. The summed E-state index contributed by atoms with van der Waals surface area (Å²) in [4.78, 5) is 32.7. The van der Waals surface area contributed by atoms with Crippen molar-refractivity contribution in [1.82, 2.24) is 4.57 Å². The molecular weight excluding hydrogens is 559 g/mol. The highest BCUT2D eigenvalue weighted by Gasteiger charge is 2.35. The number of esters is 1. The number of ether oxygens (including phenoxy) is 3. The van der Waals surface area contributed by atoms with Crippen LogP contribution in [-0.2, 0) is 9.53 Å². The molecule has 1 atom stereocenters. The maximum Gasteiger partial charge on any atom is 0.338 e. The van der Waals surface area contributed by atoms with Gasteiger partial charge in [-0.05, 0) is 42.3 Å². The second-order valence-electron chi connectivity index (χ2n) is 8.71. The van der Waals surface area contributed by atoms with Gasteiger partial charge in [-0.25, -0.2) is 9.79 Å². The number of carbonyl (C=O) groups is 1. The van der Waals surface area contributed by atoms with E-state index in [9.17, 15) is 9.59 Å². The molecule has 2 aliphatic rings. The molecule has 4 aromatic rings. The molecule has 10 heteroatoms. The summed E-state index contributed by atoms with van der Waals surface area (Å²) in [5.41, 5.74) is 2.42. The first-order chi connectivity index (χ1) is 18.9. The van der Waals surface area contributed by atoms with E-state index in [0.717, 1.165) is 5.56 Å². The number of fused-ring (bicyclic) bond motifs is 2. The predicted molar refractivity (Wildman–Crippen MR) is 150 cm³/mol. The van der Waals surface area contributed by atoms with E-state index in [1.807, 2.05) is 30.3 Å². The number of carbonyl (C=O) groups excluding carboxylic acids is 1. The average Bonchev–Trinajstić information content (AvgIpc) is 3.52. The number of thiazole rings is 1. The summed E-state index contributed by atoms with van der Waals surface area (Å²) >= 11 is 13.9. The number of rotatable bonds is 5. The Kier molecular flexibility index (Phi) is 6.76. The monoisotopic (exact) mass is 578 g/mol. The fourth-order valence-corrected chi connectivity index (χ4v) is 5.91. The van der Waals surface area contributed by atoms with Crippen LogP contribution in [0.1, 0.15) is 29.7 Å². The first kappa shape index (κ1) is 25.4. The zero-order valence-electron chi connectivity index (χ0n) is 20.5. The minimum absolute atomic E-state index is 0.108. The highest BCUT2D eigenvalue weighted by Crippen LogP contribution is 2.38. The normalized spacial score (nSPS) is 16.2. The third-order valence-corrected chi connectivity index (χ3v) is 7.90. The fraction of sp³-hybridized carbons (Fsp3) is 0.138. The second kappa shape index (κ2) is 10.4. The standard InChI is InChI=1S/C29H20Cl2N2O5S/c1-2-36-28(35)24-25(16-6-4-3-5-7-16)32-29-33(26(24)17-8-10-19(30)11-9-17)27(34)23(39-29)13-18-12-21-22(14-20(18)31)38-15-37-21/h3-14,26H,2,15H2,1H3/b23-13+/t26-/m0/s1. The Morgan fingerprint density at radius 2 is 1.82 bits per heavy atom. The maximum atomic E-state index is 14.0. The first-order valence-electron chi connectivity index (χ1n) is 12.1. The molecule has 3 aromatic carbocycles. The quantitative estimate of drug-likeness (QED) is 0.312. The Morgan fingerprint density at radius 1 is 1.10 bits per heavy atom. The van der Waals surface area contributed by atoms with Gasteiger partial charge in [-0.15, -0.1) is 0 Å². The van der Waals surface area contributed by atoms with Gasteiger partial charge in [-0.1, -0.05) is 77.0 Å². The van der Waals surface area contributed by atoms with Crippen molar-refractivity contribution in [3.05, 3.63) is 119 Å². The summed E-state index contributed by atoms with van der Waals surface area (Å²) in [6, 6.07) is 19.0. The topological polar surface area (TPSA) is 79.1 Å². The van der Waals surface area contributed by atoms with E-state index in [4.69, 9.17) is 42.4 Å². The van der Waals surface area contributed by atoms with Crippen molar-refractivity contribution < 1.29 is 19.0 Å². The van der Waals surface area contributed by atoms with Gasteiger partial charge >= 0.3 is 5.97 Å². The number of nitrogens with zero attached hydrogens (tertiary/aromatic N) is 2. The fourth-order valence-electron chi connectivity index (χ4n) is 4.59. The van der Waals surface area contributed by atoms with Crippen LogP contribution in [0.2, 0.25) is 10.0 Å². The largest absolute Gasteiger partial charge is 0.463 e. The van der Waals surface area contributed by atoms with Gasteiger partial charge < -0.3 is 14.2 Å². The molecule has 6 rings (SSSR count). The molecule has 0 radical (unpaired) electrons. The van der Waals surface area contributed by atoms with Gasteiger partial charge in [0.25, 0.3) is 5.56 Å². The Morgan fingerprint density at radius 3 is 2.54 bits per heavy atom. The van der Waals surface area contributed by atoms with Crippen molar-refractivity contribution >= 4 is 52.3 Å². The zero-order valence-corrected chi connectivity index (χ0v) is 22.8. The van der Waals surface area contributed by atoms with Gasteiger partial charge in [0, 0.05) is 16.7 Å². The number of aromatic nitrogens is 1. The van der Waals surface area contributed by atoms with Crippen LogP contribution in [0.5, 0.6) is 11.5 Å². The summed E-state index contributed by atoms with van der Waals surface area (Å²) < 4.78 is 18.3. The molecule has 0 saturated carbocycles. The summed E-state index contributed by atoms with van der Waals surface area (Å²) in [7, 11) is 0. The number of hydrogen-bond acceptors (Lipinski definition) is 7. The van der Waals surface area contributed by atoms with Gasteiger partial charge in [0.2, 0.25) is 6.79 Å². The van der Waals surface area contributed by atoms with Crippen molar-refractivity contribution in [1.29, 1.82) is 0 Å². The van der Waals surface area contributed by atoms with Crippen LogP contribution in [0.4, 0.5) is 0 Å². The number of hydrogen-bond donors (Lipinski definition) is 0. The molecule has 0 bridgehead atoms. The molecule has 0 spiro atoms. The van der Waals surface area contributed by atoms with E-state index in [2.05, 4.69) is 0 Å². The highest BCUT2D eigenvalue weighted by atomic mass is 35.5. The lowest BCUT2D eigenvalue weighted by Crippen LogP contribution is -2.40. The van der Waals surface area contributed by atoms with E-state index in [1.54, 1.807) is 49.4 Å².